The number of sulfonamides is 1. The molecule has 1 N–H and O–H groups in total. The van der Waals surface area contributed by atoms with Gasteiger partial charge in [-0.2, -0.15) is 0 Å². The Hall–Kier alpha value is -1.55. The van der Waals surface area contributed by atoms with Crippen molar-refractivity contribution in [3.8, 4) is 5.75 Å². The van der Waals surface area contributed by atoms with Crippen molar-refractivity contribution >= 4 is 33.2 Å². The lowest BCUT2D eigenvalue weighted by atomic mass is 10.2. The van der Waals surface area contributed by atoms with E-state index < -0.39 is 16.1 Å². The van der Waals surface area contributed by atoms with Gasteiger partial charge in [-0.25, -0.2) is 8.42 Å². The summed E-state index contributed by atoms with van der Waals surface area (Å²) in [5.74, 6) is 0.0197. The van der Waals surface area contributed by atoms with Crippen LogP contribution in [0.5, 0.6) is 5.75 Å². The second-order valence-electron chi connectivity index (χ2n) is 7.30. The second kappa shape index (κ2) is 8.86. The molecule has 2 aliphatic heterocycles. The van der Waals surface area contributed by atoms with Crippen molar-refractivity contribution in [3.63, 3.8) is 0 Å². The molecule has 3 rings (SSSR count). The van der Waals surface area contributed by atoms with Gasteiger partial charge in [0.15, 0.2) is 6.10 Å². The number of fused-ring (bicyclic) bond motifs is 1. The minimum absolute atomic E-state index is 0.0729. The zero-order valence-electron chi connectivity index (χ0n) is 16.2. The molecule has 0 radical (unpaired) electrons. The van der Waals surface area contributed by atoms with E-state index in [0.717, 1.165) is 45.4 Å². The number of benzene rings is 1. The topological polar surface area (TPSA) is 82.2 Å². The zero-order chi connectivity index (χ0) is 20.3. The molecule has 1 atom stereocenters. The molecule has 1 fully saturated rings. The maximum absolute atomic E-state index is 12.5. The van der Waals surface area contributed by atoms with Crippen LogP contribution >= 0.6 is 11.6 Å². The lowest BCUT2D eigenvalue weighted by molar-refractivity contribution is -0.127. The Balaban J connectivity index is 1.55. The number of hydrogen-bond acceptors (Lipinski definition) is 6. The summed E-state index contributed by atoms with van der Waals surface area (Å²) in [6.07, 6.45) is 1.05. The lowest BCUT2D eigenvalue weighted by Gasteiger charge is -2.34. The van der Waals surface area contributed by atoms with Crippen LogP contribution in [0.25, 0.3) is 0 Å². The SMILES string of the molecule is CN1CCN(CCCNC(=O)C2CN(S(C)(=O)=O)c3cc(Cl)ccc3O2)CC1. The van der Waals surface area contributed by atoms with Gasteiger partial charge in [-0.05, 0) is 38.2 Å². The number of amides is 1. The highest BCUT2D eigenvalue weighted by atomic mass is 35.5. The molecular formula is C18H27ClN4O4S. The quantitative estimate of drug-likeness (QED) is 0.666. The molecular weight excluding hydrogens is 404 g/mol. The van der Waals surface area contributed by atoms with Gasteiger partial charge in [0.25, 0.3) is 5.91 Å². The molecule has 1 aromatic carbocycles. The average molecular weight is 431 g/mol. The van der Waals surface area contributed by atoms with Crippen LogP contribution in [-0.2, 0) is 14.8 Å². The maximum Gasteiger partial charge on any atom is 0.263 e. The third kappa shape index (κ3) is 5.28. The zero-order valence-corrected chi connectivity index (χ0v) is 17.8. The van der Waals surface area contributed by atoms with E-state index in [1.165, 1.54) is 10.4 Å². The number of ether oxygens (including phenoxy) is 1. The minimum atomic E-state index is -3.56. The van der Waals surface area contributed by atoms with Crippen molar-refractivity contribution in [3.05, 3.63) is 23.2 Å². The highest BCUT2D eigenvalue weighted by molar-refractivity contribution is 7.92. The van der Waals surface area contributed by atoms with Gasteiger partial charge in [0, 0.05) is 37.7 Å². The van der Waals surface area contributed by atoms with Gasteiger partial charge in [0.05, 0.1) is 18.5 Å². The molecule has 156 valence electrons. The summed E-state index contributed by atoms with van der Waals surface area (Å²) >= 11 is 5.98. The van der Waals surface area contributed by atoms with E-state index in [2.05, 4.69) is 22.2 Å². The Kier molecular flexibility index (Phi) is 6.69. The van der Waals surface area contributed by atoms with E-state index in [0.29, 0.717) is 23.0 Å². The van der Waals surface area contributed by atoms with Crippen molar-refractivity contribution in [2.45, 2.75) is 12.5 Å². The van der Waals surface area contributed by atoms with E-state index in [4.69, 9.17) is 16.3 Å². The van der Waals surface area contributed by atoms with Gasteiger partial charge in [0.2, 0.25) is 10.0 Å². The number of nitrogens with zero attached hydrogens (tertiary/aromatic N) is 3. The number of carbonyl (C=O) groups excluding carboxylic acids is 1. The van der Waals surface area contributed by atoms with Crippen LogP contribution in [0.15, 0.2) is 18.2 Å². The van der Waals surface area contributed by atoms with Gasteiger partial charge in [-0.3, -0.25) is 9.10 Å². The number of carbonyl (C=O) groups is 1. The normalized spacial score (nSPS) is 21.1. The number of nitrogens with one attached hydrogen (secondary N) is 1. The van der Waals surface area contributed by atoms with Crippen LogP contribution in [0, 0.1) is 0 Å². The molecule has 1 amide bonds. The molecule has 2 heterocycles. The molecule has 0 bridgehead atoms. The summed E-state index contributed by atoms with van der Waals surface area (Å²) in [7, 11) is -1.44. The van der Waals surface area contributed by atoms with E-state index >= 15 is 0 Å². The van der Waals surface area contributed by atoms with Gasteiger partial charge < -0.3 is 19.9 Å². The lowest BCUT2D eigenvalue weighted by Crippen LogP contribution is -2.51. The number of hydrogen-bond donors (Lipinski definition) is 1. The summed E-state index contributed by atoms with van der Waals surface area (Å²) in [4.78, 5) is 17.2. The third-order valence-electron chi connectivity index (χ3n) is 5.03. The maximum atomic E-state index is 12.5. The van der Waals surface area contributed by atoms with Crippen molar-refractivity contribution in [2.75, 3.05) is 63.4 Å². The van der Waals surface area contributed by atoms with E-state index in [1.807, 2.05) is 0 Å². The standard InChI is InChI=1S/C18H27ClN4O4S/c1-21-8-10-22(11-9-21)7-3-6-20-18(24)17-13-23(28(2,25)26)15-12-14(19)4-5-16(15)27-17/h4-5,12,17H,3,6-11,13H2,1-2H3,(H,20,24). The van der Waals surface area contributed by atoms with Crippen LogP contribution in [0.1, 0.15) is 6.42 Å². The first kappa shape index (κ1) is 21.2. The number of rotatable bonds is 6. The molecule has 1 saturated heterocycles. The smallest absolute Gasteiger partial charge is 0.263 e. The molecule has 0 spiro atoms. The molecule has 1 unspecified atom stereocenters. The molecule has 0 saturated carbocycles. The van der Waals surface area contributed by atoms with Crippen LogP contribution in [0.3, 0.4) is 0 Å². The number of likely N-dealkylation sites (N-methyl/N-ethyl adjacent to an activating group) is 1. The minimum Gasteiger partial charge on any atom is -0.476 e. The fourth-order valence-corrected chi connectivity index (χ4v) is 4.45. The Morgan fingerprint density at radius 2 is 2.00 bits per heavy atom. The summed E-state index contributed by atoms with van der Waals surface area (Å²) in [6.45, 7) is 5.59. The van der Waals surface area contributed by atoms with E-state index in [-0.39, 0.29) is 12.5 Å². The van der Waals surface area contributed by atoms with Gasteiger partial charge in [-0.15, -0.1) is 0 Å². The summed E-state index contributed by atoms with van der Waals surface area (Å²) in [6, 6.07) is 4.72. The third-order valence-corrected chi connectivity index (χ3v) is 6.41. The Morgan fingerprint density at radius 1 is 1.29 bits per heavy atom. The van der Waals surface area contributed by atoms with Crippen molar-refractivity contribution in [2.24, 2.45) is 0 Å². The molecule has 28 heavy (non-hydrogen) atoms. The van der Waals surface area contributed by atoms with Crippen LogP contribution < -0.4 is 14.4 Å². The highest BCUT2D eigenvalue weighted by Crippen LogP contribution is 2.37. The Morgan fingerprint density at radius 3 is 2.68 bits per heavy atom. The number of piperazine rings is 1. The van der Waals surface area contributed by atoms with Crippen molar-refractivity contribution < 1.29 is 17.9 Å². The predicted octanol–water partition coefficient (Wildman–Crippen LogP) is 0.621. The number of halogens is 1. The summed E-state index contributed by atoms with van der Waals surface area (Å²) in [5, 5.41) is 3.27. The first-order chi connectivity index (χ1) is 13.2. The van der Waals surface area contributed by atoms with Gasteiger partial charge >= 0.3 is 0 Å². The van der Waals surface area contributed by atoms with Gasteiger partial charge in [0.1, 0.15) is 5.75 Å². The molecule has 10 heteroatoms. The molecule has 0 aromatic heterocycles. The number of anilines is 1. The first-order valence-electron chi connectivity index (χ1n) is 9.36. The largest absolute Gasteiger partial charge is 0.476 e. The Labute approximate surface area is 171 Å². The van der Waals surface area contributed by atoms with E-state index in [9.17, 15) is 13.2 Å². The predicted molar refractivity (Wildman–Crippen MR) is 110 cm³/mol. The first-order valence-corrected chi connectivity index (χ1v) is 11.6. The monoisotopic (exact) mass is 430 g/mol. The average Bonchev–Trinajstić information content (AvgIpc) is 2.64. The van der Waals surface area contributed by atoms with Crippen molar-refractivity contribution in [1.29, 1.82) is 0 Å². The fraction of sp³-hybridized carbons (Fsp3) is 0.611. The summed E-state index contributed by atoms with van der Waals surface area (Å²) in [5.41, 5.74) is 0.356. The van der Waals surface area contributed by atoms with Crippen molar-refractivity contribution in [1.82, 2.24) is 15.1 Å². The van der Waals surface area contributed by atoms with Crippen LogP contribution in [0.4, 0.5) is 5.69 Å². The molecule has 1 aromatic rings. The van der Waals surface area contributed by atoms with Crippen LogP contribution in [-0.4, -0.2) is 89.3 Å². The van der Waals surface area contributed by atoms with Crippen LogP contribution in [0.2, 0.25) is 5.02 Å². The molecule has 0 aliphatic carbocycles. The molecule has 8 nitrogen and oxygen atoms in total. The van der Waals surface area contributed by atoms with E-state index in [1.54, 1.807) is 12.1 Å². The second-order valence-corrected chi connectivity index (χ2v) is 9.65. The fourth-order valence-electron chi connectivity index (χ4n) is 3.37. The molecule has 2 aliphatic rings. The summed E-state index contributed by atoms with van der Waals surface area (Å²) < 4.78 is 31.3. The highest BCUT2D eigenvalue weighted by Gasteiger charge is 2.35. The Bertz CT molecular complexity index is 812. The van der Waals surface area contributed by atoms with Gasteiger partial charge in [-0.1, -0.05) is 11.6 Å².